The van der Waals surface area contributed by atoms with E-state index in [2.05, 4.69) is 24.4 Å². The zero-order chi connectivity index (χ0) is 13.1. The van der Waals surface area contributed by atoms with Crippen LogP contribution >= 0.6 is 11.6 Å². The second-order valence-electron chi connectivity index (χ2n) is 5.66. The fourth-order valence-electron chi connectivity index (χ4n) is 2.60. The van der Waals surface area contributed by atoms with E-state index in [-0.39, 0.29) is 0 Å². The predicted molar refractivity (Wildman–Crippen MR) is 80.8 cm³/mol. The van der Waals surface area contributed by atoms with Gasteiger partial charge in [-0.15, -0.1) is 0 Å². The summed E-state index contributed by atoms with van der Waals surface area (Å²) in [7, 11) is 4.02. The lowest BCUT2D eigenvalue weighted by Crippen LogP contribution is -2.25. The summed E-state index contributed by atoms with van der Waals surface area (Å²) in [5, 5.41) is 4.42. The van der Waals surface area contributed by atoms with E-state index in [1.54, 1.807) is 0 Å². The number of hydrogen-bond acceptors (Lipinski definition) is 2. The largest absolute Gasteiger partial charge is 0.382 e. The van der Waals surface area contributed by atoms with E-state index >= 15 is 0 Å². The molecule has 0 aliphatic heterocycles. The van der Waals surface area contributed by atoms with Gasteiger partial charge < -0.3 is 10.2 Å². The molecule has 0 bridgehead atoms. The third-order valence-electron chi connectivity index (χ3n) is 3.82. The third-order valence-corrected chi connectivity index (χ3v) is 4.12. The summed E-state index contributed by atoms with van der Waals surface area (Å²) in [6.45, 7) is 2.35. The average molecular weight is 267 g/mol. The number of hydrogen-bond donors (Lipinski definition) is 1. The number of anilines is 2. The fourth-order valence-corrected chi connectivity index (χ4v) is 2.95. The molecule has 0 unspecified atom stereocenters. The molecule has 1 saturated carbocycles. The molecule has 0 atom stereocenters. The van der Waals surface area contributed by atoms with Gasteiger partial charge in [0.25, 0.3) is 0 Å². The summed E-state index contributed by atoms with van der Waals surface area (Å²) >= 11 is 6.28. The Bertz CT molecular complexity index is 395. The van der Waals surface area contributed by atoms with Crippen LogP contribution in [0.15, 0.2) is 18.2 Å². The molecule has 2 rings (SSSR count). The smallest absolute Gasteiger partial charge is 0.0659 e. The Morgan fingerprint density at radius 2 is 1.83 bits per heavy atom. The molecule has 1 aromatic carbocycles. The van der Waals surface area contributed by atoms with E-state index in [4.69, 9.17) is 11.6 Å². The van der Waals surface area contributed by atoms with Crippen LogP contribution in [0.25, 0.3) is 0 Å². The minimum atomic E-state index is 0.613. The Morgan fingerprint density at radius 3 is 2.39 bits per heavy atom. The highest BCUT2D eigenvalue weighted by Gasteiger charge is 2.18. The van der Waals surface area contributed by atoms with Crippen molar-refractivity contribution in [1.82, 2.24) is 0 Å². The first-order valence-electron chi connectivity index (χ1n) is 6.79. The van der Waals surface area contributed by atoms with Crippen LogP contribution in [0.1, 0.15) is 32.6 Å². The molecule has 0 saturated heterocycles. The number of rotatable bonds is 3. The molecule has 0 spiro atoms. The van der Waals surface area contributed by atoms with Crippen LogP contribution in [0.5, 0.6) is 0 Å². The van der Waals surface area contributed by atoms with Gasteiger partial charge in [-0.2, -0.15) is 0 Å². The standard InChI is InChI=1S/C15H23ClN2/c1-11-4-6-12(7-5-11)17-13-8-9-15(18(2)3)14(16)10-13/h8-12,17H,4-7H2,1-3H3. The summed E-state index contributed by atoms with van der Waals surface area (Å²) in [6, 6.07) is 6.85. The van der Waals surface area contributed by atoms with Gasteiger partial charge in [-0.25, -0.2) is 0 Å². The molecule has 18 heavy (non-hydrogen) atoms. The van der Waals surface area contributed by atoms with E-state index in [0.717, 1.165) is 22.3 Å². The lowest BCUT2D eigenvalue weighted by molar-refractivity contribution is 0.361. The van der Waals surface area contributed by atoms with Gasteiger partial charge in [0.05, 0.1) is 10.7 Å². The van der Waals surface area contributed by atoms with Gasteiger partial charge in [-0.05, 0) is 49.8 Å². The van der Waals surface area contributed by atoms with Gasteiger partial charge in [0, 0.05) is 25.8 Å². The SMILES string of the molecule is CC1CCC(Nc2ccc(N(C)C)c(Cl)c2)CC1. The molecule has 0 radical (unpaired) electrons. The molecule has 1 fully saturated rings. The minimum absolute atomic E-state index is 0.613. The second-order valence-corrected chi connectivity index (χ2v) is 6.07. The topological polar surface area (TPSA) is 15.3 Å². The van der Waals surface area contributed by atoms with Gasteiger partial charge in [-0.1, -0.05) is 18.5 Å². The summed E-state index contributed by atoms with van der Waals surface area (Å²) in [4.78, 5) is 2.04. The maximum absolute atomic E-state index is 6.28. The molecule has 0 amide bonds. The highest BCUT2D eigenvalue weighted by molar-refractivity contribution is 6.33. The zero-order valence-corrected chi connectivity index (χ0v) is 12.3. The van der Waals surface area contributed by atoms with E-state index in [1.165, 1.54) is 25.7 Å². The van der Waals surface area contributed by atoms with Crippen molar-refractivity contribution in [1.29, 1.82) is 0 Å². The summed E-state index contributed by atoms with van der Waals surface area (Å²) in [6.07, 6.45) is 5.21. The van der Waals surface area contributed by atoms with Crippen LogP contribution < -0.4 is 10.2 Å². The Hall–Kier alpha value is -0.890. The van der Waals surface area contributed by atoms with Crippen LogP contribution in [0.3, 0.4) is 0 Å². The van der Waals surface area contributed by atoms with E-state index in [0.29, 0.717) is 6.04 Å². The van der Waals surface area contributed by atoms with Crippen LogP contribution in [0.4, 0.5) is 11.4 Å². The molecule has 1 aromatic rings. The molecule has 2 nitrogen and oxygen atoms in total. The number of nitrogens with one attached hydrogen (secondary N) is 1. The quantitative estimate of drug-likeness (QED) is 0.873. The highest BCUT2D eigenvalue weighted by Crippen LogP contribution is 2.30. The normalized spacial score (nSPS) is 23.8. The van der Waals surface area contributed by atoms with Crippen molar-refractivity contribution in [3.63, 3.8) is 0 Å². The fraction of sp³-hybridized carbons (Fsp3) is 0.600. The van der Waals surface area contributed by atoms with Gasteiger partial charge in [-0.3, -0.25) is 0 Å². The predicted octanol–water partition coefficient (Wildman–Crippen LogP) is 4.40. The number of nitrogens with zero attached hydrogens (tertiary/aromatic N) is 1. The second kappa shape index (κ2) is 5.83. The van der Waals surface area contributed by atoms with Crippen LogP contribution in [-0.2, 0) is 0 Å². The molecular weight excluding hydrogens is 244 g/mol. The molecular formula is C15H23ClN2. The molecule has 3 heteroatoms. The molecule has 100 valence electrons. The Morgan fingerprint density at radius 1 is 1.17 bits per heavy atom. The van der Waals surface area contributed by atoms with Crippen molar-refractivity contribution >= 4 is 23.0 Å². The van der Waals surface area contributed by atoms with E-state index in [9.17, 15) is 0 Å². The maximum atomic E-state index is 6.28. The van der Waals surface area contributed by atoms with Crippen LogP contribution in [0.2, 0.25) is 5.02 Å². The summed E-state index contributed by atoms with van der Waals surface area (Å²) in [5.74, 6) is 0.891. The third kappa shape index (κ3) is 3.32. The van der Waals surface area contributed by atoms with Crippen LogP contribution in [-0.4, -0.2) is 20.1 Å². The first-order valence-corrected chi connectivity index (χ1v) is 7.17. The minimum Gasteiger partial charge on any atom is -0.382 e. The van der Waals surface area contributed by atoms with Crippen molar-refractivity contribution in [3.05, 3.63) is 23.2 Å². The highest BCUT2D eigenvalue weighted by atomic mass is 35.5. The van der Waals surface area contributed by atoms with Crippen molar-refractivity contribution in [3.8, 4) is 0 Å². The van der Waals surface area contributed by atoms with Gasteiger partial charge in [0.2, 0.25) is 0 Å². The lowest BCUT2D eigenvalue weighted by Gasteiger charge is -2.28. The zero-order valence-electron chi connectivity index (χ0n) is 11.5. The molecule has 0 aromatic heterocycles. The Balaban J connectivity index is 2.00. The summed E-state index contributed by atoms with van der Waals surface area (Å²) in [5.41, 5.74) is 2.21. The number of benzene rings is 1. The molecule has 1 N–H and O–H groups in total. The van der Waals surface area contributed by atoms with Crippen molar-refractivity contribution in [2.24, 2.45) is 5.92 Å². The number of halogens is 1. The van der Waals surface area contributed by atoms with Crippen molar-refractivity contribution in [2.75, 3.05) is 24.3 Å². The first-order chi connectivity index (χ1) is 8.56. The molecule has 1 aliphatic rings. The van der Waals surface area contributed by atoms with E-state index in [1.807, 2.05) is 25.1 Å². The van der Waals surface area contributed by atoms with Gasteiger partial charge in [0.1, 0.15) is 0 Å². The van der Waals surface area contributed by atoms with E-state index < -0.39 is 0 Å². The first kappa shape index (κ1) is 13.5. The van der Waals surface area contributed by atoms with Crippen molar-refractivity contribution in [2.45, 2.75) is 38.6 Å². The van der Waals surface area contributed by atoms with Crippen molar-refractivity contribution < 1.29 is 0 Å². The van der Waals surface area contributed by atoms with Crippen LogP contribution in [0, 0.1) is 5.92 Å². The average Bonchev–Trinajstić information content (AvgIpc) is 2.32. The Kier molecular flexibility index (Phi) is 4.39. The lowest BCUT2D eigenvalue weighted by atomic mass is 9.87. The monoisotopic (exact) mass is 266 g/mol. The summed E-state index contributed by atoms with van der Waals surface area (Å²) < 4.78 is 0. The molecule has 1 aliphatic carbocycles. The molecule has 0 heterocycles. The van der Waals surface area contributed by atoms with Gasteiger partial charge in [0.15, 0.2) is 0 Å². The Labute approximate surface area is 115 Å². The maximum Gasteiger partial charge on any atom is 0.0659 e. The van der Waals surface area contributed by atoms with Gasteiger partial charge >= 0.3 is 0 Å².